The number of carbonyl (C=O) groups is 2. The van der Waals surface area contributed by atoms with Crippen molar-refractivity contribution < 1.29 is 19.4 Å². The number of aliphatic hydroxyl groups is 1. The van der Waals surface area contributed by atoms with E-state index >= 15 is 0 Å². The van der Waals surface area contributed by atoms with Crippen LogP contribution in [0.4, 0.5) is 0 Å². The predicted molar refractivity (Wildman–Crippen MR) is 119 cm³/mol. The lowest BCUT2D eigenvalue weighted by Gasteiger charge is -2.25. The zero-order valence-electron chi connectivity index (χ0n) is 17.6. The Balaban J connectivity index is 1.76. The molecule has 1 atom stereocenters. The van der Waals surface area contributed by atoms with Gasteiger partial charge in [-0.05, 0) is 53.9 Å². The lowest BCUT2D eigenvalue weighted by molar-refractivity contribution is -0.140. The van der Waals surface area contributed by atoms with E-state index in [9.17, 15) is 14.7 Å². The Morgan fingerprint density at radius 1 is 1.03 bits per heavy atom. The smallest absolute Gasteiger partial charge is 0.295 e. The molecule has 1 saturated heterocycles. The Kier molecular flexibility index (Phi) is 6.26. The molecule has 1 unspecified atom stereocenters. The number of rotatable bonds is 7. The van der Waals surface area contributed by atoms with E-state index < -0.39 is 17.7 Å². The van der Waals surface area contributed by atoms with Crippen molar-refractivity contribution in [3.8, 4) is 5.75 Å². The summed E-state index contributed by atoms with van der Waals surface area (Å²) < 4.78 is 5.59. The number of likely N-dealkylation sites (tertiary alicyclic amines) is 1. The van der Waals surface area contributed by atoms with E-state index in [4.69, 9.17) is 4.74 Å². The number of ketones is 1. The van der Waals surface area contributed by atoms with Crippen molar-refractivity contribution in [3.05, 3.63) is 95.6 Å². The fourth-order valence-electron chi connectivity index (χ4n) is 3.70. The molecule has 1 aromatic carbocycles. The molecule has 0 saturated carbocycles. The normalized spacial score (nSPS) is 17.5. The lowest BCUT2D eigenvalue weighted by atomic mass is 9.96. The highest BCUT2D eigenvalue weighted by molar-refractivity contribution is 6.46. The maximum absolute atomic E-state index is 13.0. The van der Waals surface area contributed by atoms with Crippen molar-refractivity contribution in [2.24, 2.45) is 0 Å². The molecule has 162 valence electrons. The third-order valence-corrected chi connectivity index (χ3v) is 5.22. The van der Waals surface area contributed by atoms with E-state index in [1.807, 2.05) is 13.0 Å². The van der Waals surface area contributed by atoms with Gasteiger partial charge in [0.2, 0.25) is 0 Å². The van der Waals surface area contributed by atoms with Gasteiger partial charge < -0.3 is 14.7 Å². The summed E-state index contributed by atoms with van der Waals surface area (Å²) in [6.07, 6.45) is 7.39. The van der Waals surface area contributed by atoms with Crippen LogP contribution in [0.3, 0.4) is 0 Å². The Labute approximate surface area is 186 Å². The van der Waals surface area contributed by atoms with E-state index in [0.717, 1.165) is 12.0 Å². The summed E-state index contributed by atoms with van der Waals surface area (Å²) >= 11 is 0. The first-order valence-electron chi connectivity index (χ1n) is 10.4. The Morgan fingerprint density at radius 2 is 1.75 bits per heavy atom. The maximum atomic E-state index is 13.0. The summed E-state index contributed by atoms with van der Waals surface area (Å²) in [6.45, 7) is 2.79. The van der Waals surface area contributed by atoms with Gasteiger partial charge in [0.25, 0.3) is 11.7 Å². The molecular formula is C25H23N3O4. The van der Waals surface area contributed by atoms with E-state index in [-0.39, 0.29) is 17.9 Å². The molecule has 1 fully saturated rings. The van der Waals surface area contributed by atoms with Crippen LogP contribution in [0.25, 0.3) is 5.76 Å². The molecule has 0 bridgehead atoms. The number of pyridine rings is 2. The van der Waals surface area contributed by atoms with Crippen LogP contribution in [0, 0.1) is 0 Å². The van der Waals surface area contributed by atoms with Crippen LogP contribution >= 0.6 is 0 Å². The van der Waals surface area contributed by atoms with Gasteiger partial charge in [0.15, 0.2) is 0 Å². The molecule has 1 N–H and O–H groups in total. The maximum Gasteiger partial charge on any atom is 0.295 e. The average Bonchev–Trinajstić information content (AvgIpc) is 3.09. The van der Waals surface area contributed by atoms with Crippen molar-refractivity contribution in [1.82, 2.24) is 14.9 Å². The molecular weight excluding hydrogens is 406 g/mol. The minimum Gasteiger partial charge on any atom is -0.507 e. The number of nitrogens with zero attached hydrogens (tertiary/aromatic N) is 3. The second-order valence-corrected chi connectivity index (χ2v) is 7.45. The lowest BCUT2D eigenvalue weighted by Crippen LogP contribution is -2.29. The number of aliphatic hydroxyl groups excluding tert-OH is 1. The minimum absolute atomic E-state index is 0.0362. The molecule has 1 aliphatic heterocycles. The summed E-state index contributed by atoms with van der Waals surface area (Å²) in [5, 5.41) is 11.1. The molecule has 3 aromatic rings. The van der Waals surface area contributed by atoms with Gasteiger partial charge in [-0.15, -0.1) is 0 Å². The number of hydrogen-bond donors (Lipinski definition) is 1. The van der Waals surface area contributed by atoms with E-state index in [1.54, 1.807) is 67.3 Å². The standard InChI is InChI=1S/C25H23N3O4/c1-2-13-32-20-9-7-18(8-10-20)23(29)21-22(19-6-4-12-27-15-19)28(25(31)24(21)30)16-17-5-3-11-26-14-17/h3-12,14-15,22,29H,2,13,16H2,1H3/b23-21+. The average molecular weight is 429 g/mol. The van der Waals surface area contributed by atoms with Crippen LogP contribution < -0.4 is 4.74 Å². The highest BCUT2D eigenvalue weighted by Gasteiger charge is 2.46. The summed E-state index contributed by atoms with van der Waals surface area (Å²) in [5.74, 6) is -0.962. The third-order valence-electron chi connectivity index (χ3n) is 5.22. The van der Waals surface area contributed by atoms with Crippen LogP contribution in [0.5, 0.6) is 5.75 Å². The number of benzene rings is 1. The van der Waals surface area contributed by atoms with Gasteiger partial charge in [-0.2, -0.15) is 0 Å². The zero-order valence-corrected chi connectivity index (χ0v) is 17.6. The second kappa shape index (κ2) is 9.43. The van der Waals surface area contributed by atoms with Crippen molar-refractivity contribution in [2.75, 3.05) is 6.61 Å². The van der Waals surface area contributed by atoms with Gasteiger partial charge >= 0.3 is 0 Å². The van der Waals surface area contributed by atoms with Crippen LogP contribution in [0.15, 0.2) is 78.9 Å². The van der Waals surface area contributed by atoms with Gasteiger partial charge in [0.1, 0.15) is 11.5 Å². The van der Waals surface area contributed by atoms with E-state index in [1.165, 1.54) is 4.90 Å². The molecule has 1 amide bonds. The molecule has 7 nitrogen and oxygen atoms in total. The third kappa shape index (κ3) is 4.23. The summed E-state index contributed by atoms with van der Waals surface area (Å²) in [6, 6.07) is 13.2. The molecule has 3 heterocycles. The van der Waals surface area contributed by atoms with Gasteiger partial charge in [-0.3, -0.25) is 19.6 Å². The van der Waals surface area contributed by atoms with Gasteiger partial charge in [0, 0.05) is 36.9 Å². The molecule has 0 aliphatic carbocycles. The first-order chi connectivity index (χ1) is 15.6. The van der Waals surface area contributed by atoms with Gasteiger partial charge in [-0.25, -0.2) is 0 Å². The zero-order chi connectivity index (χ0) is 22.5. The quantitative estimate of drug-likeness (QED) is 0.348. The number of Topliss-reactive ketones (excluding diaryl/α,β-unsaturated/α-hetero) is 1. The number of carbonyl (C=O) groups excluding carboxylic acids is 2. The van der Waals surface area contributed by atoms with Crippen LogP contribution in [-0.2, 0) is 16.1 Å². The monoisotopic (exact) mass is 429 g/mol. The fourth-order valence-corrected chi connectivity index (χ4v) is 3.70. The largest absolute Gasteiger partial charge is 0.507 e. The summed E-state index contributed by atoms with van der Waals surface area (Å²) in [7, 11) is 0. The summed E-state index contributed by atoms with van der Waals surface area (Å²) in [4.78, 5) is 35.7. The molecule has 32 heavy (non-hydrogen) atoms. The Hall–Kier alpha value is -4.00. The number of hydrogen-bond acceptors (Lipinski definition) is 6. The molecule has 0 spiro atoms. The predicted octanol–water partition coefficient (Wildman–Crippen LogP) is 3.89. The molecule has 1 aliphatic rings. The number of amides is 1. The van der Waals surface area contributed by atoms with E-state index in [2.05, 4.69) is 9.97 Å². The van der Waals surface area contributed by atoms with Gasteiger partial charge in [-0.1, -0.05) is 19.1 Å². The van der Waals surface area contributed by atoms with E-state index in [0.29, 0.717) is 23.5 Å². The van der Waals surface area contributed by atoms with Crippen molar-refractivity contribution in [1.29, 1.82) is 0 Å². The molecule has 0 radical (unpaired) electrons. The molecule has 4 rings (SSSR count). The van der Waals surface area contributed by atoms with Crippen LogP contribution in [0.2, 0.25) is 0 Å². The number of aromatic nitrogens is 2. The second-order valence-electron chi connectivity index (χ2n) is 7.45. The molecule has 2 aromatic heterocycles. The van der Waals surface area contributed by atoms with Crippen LogP contribution in [0.1, 0.15) is 36.1 Å². The Morgan fingerprint density at radius 3 is 2.38 bits per heavy atom. The summed E-state index contributed by atoms with van der Waals surface area (Å²) in [5.41, 5.74) is 1.89. The van der Waals surface area contributed by atoms with Crippen LogP contribution in [-0.4, -0.2) is 38.3 Å². The highest BCUT2D eigenvalue weighted by Crippen LogP contribution is 2.40. The van der Waals surface area contributed by atoms with Crippen molar-refractivity contribution in [3.63, 3.8) is 0 Å². The fraction of sp³-hybridized carbons (Fsp3) is 0.200. The van der Waals surface area contributed by atoms with Crippen molar-refractivity contribution in [2.45, 2.75) is 25.9 Å². The first-order valence-corrected chi connectivity index (χ1v) is 10.4. The first kappa shape index (κ1) is 21.2. The van der Waals surface area contributed by atoms with Gasteiger partial charge in [0.05, 0.1) is 18.2 Å². The topological polar surface area (TPSA) is 92.6 Å². The number of ether oxygens (including phenoxy) is 1. The molecule has 7 heteroatoms. The van der Waals surface area contributed by atoms with Crippen molar-refractivity contribution >= 4 is 17.4 Å². The highest BCUT2D eigenvalue weighted by atomic mass is 16.5. The Bertz CT molecular complexity index is 1130. The minimum atomic E-state index is -0.764. The SMILES string of the molecule is CCCOc1ccc(/C(O)=C2\C(=O)C(=O)N(Cc3cccnc3)C2c2cccnc2)cc1.